The molecule has 21 aromatic carbocycles. The van der Waals surface area contributed by atoms with Crippen LogP contribution in [-0.2, 0) is 0 Å². The molecule has 0 N–H and O–H groups in total. The maximum Gasteiger partial charge on any atom is 0.0641 e. The van der Waals surface area contributed by atoms with Crippen molar-refractivity contribution in [1.29, 1.82) is 0 Å². The van der Waals surface area contributed by atoms with Gasteiger partial charge < -0.3 is 27.4 Å². The number of para-hydroxylation sites is 8. The molecule has 27 aromatic rings. The molecular formula is C124H82N6. The summed E-state index contributed by atoms with van der Waals surface area (Å²) < 4.78 is 14.5. The summed E-state index contributed by atoms with van der Waals surface area (Å²) in [7, 11) is 0. The van der Waals surface area contributed by atoms with E-state index in [4.69, 9.17) is 0 Å². The fraction of sp³-hybridized carbons (Fsp3) is 0. The van der Waals surface area contributed by atoms with E-state index in [1.54, 1.807) is 0 Å². The summed E-state index contributed by atoms with van der Waals surface area (Å²) in [6.45, 7) is 0. The molecule has 0 radical (unpaired) electrons. The topological polar surface area (TPSA) is 29.6 Å². The van der Waals surface area contributed by atoms with E-state index in [0.717, 1.165) is 22.7 Å². The maximum atomic E-state index is 2.44. The van der Waals surface area contributed by atoms with E-state index < -0.39 is 0 Å². The monoisotopic (exact) mass is 1650 g/mol. The zero-order valence-electron chi connectivity index (χ0n) is 71.0. The molecule has 0 saturated carbocycles. The lowest BCUT2D eigenvalue weighted by Gasteiger charge is -2.11. The summed E-state index contributed by atoms with van der Waals surface area (Å²) in [6.07, 6.45) is 0. The molecule has 608 valence electrons. The van der Waals surface area contributed by atoms with Crippen LogP contribution in [0.4, 0.5) is 0 Å². The van der Waals surface area contributed by atoms with E-state index in [-0.39, 0.29) is 0 Å². The molecule has 0 bridgehead atoms. The average molecular weight is 1660 g/mol. The van der Waals surface area contributed by atoms with Crippen molar-refractivity contribution in [3.63, 3.8) is 0 Å². The predicted molar refractivity (Wildman–Crippen MR) is 550 cm³/mol. The molecule has 0 aliphatic carbocycles. The Labute approximate surface area is 751 Å². The highest BCUT2D eigenvalue weighted by molar-refractivity contribution is 6.28. The zero-order chi connectivity index (χ0) is 85.7. The normalized spacial score (nSPS) is 11.7. The van der Waals surface area contributed by atoms with Crippen molar-refractivity contribution in [3.05, 3.63) is 497 Å². The van der Waals surface area contributed by atoms with Crippen LogP contribution in [0, 0.1) is 0 Å². The summed E-state index contributed by atoms with van der Waals surface area (Å²) in [5.41, 5.74) is 33.9. The van der Waals surface area contributed by atoms with Crippen LogP contribution in [0.2, 0.25) is 0 Å². The highest BCUT2D eigenvalue weighted by atomic mass is 15.0. The summed E-state index contributed by atoms with van der Waals surface area (Å²) in [5.74, 6) is 0. The average Bonchev–Trinajstić information content (AvgIpc) is 1.56. The number of hydrogen-bond donors (Lipinski definition) is 0. The van der Waals surface area contributed by atoms with Crippen LogP contribution >= 0.6 is 0 Å². The van der Waals surface area contributed by atoms with Crippen LogP contribution in [0.1, 0.15) is 0 Å². The quantitative estimate of drug-likeness (QED) is 0.124. The van der Waals surface area contributed by atoms with Crippen LogP contribution in [0.5, 0.6) is 0 Å². The highest BCUT2D eigenvalue weighted by Gasteiger charge is 2.25. The van der Waals surface area contributed by atoms with Gasteiger partial charge in [0.05, 0.1) is 66.2 Å². The third kappa shape index (κ3) is 12.6. The van der Waals surface area contributed by atoms with Gasteiger partial charge in [-0.1, -0.05) is 364 Å². The van der Waals surface area contributed by atoms with Crippen molar-refractivity contribution >= 4 is 142 Å². The van der Waals surface area contributed by atoms with Gasteiger partial charge in [0.25, 0.3) is 0 Å². The second-order valence-electron chi connectivity index (χ2n) is 33.8. The molecule has 0 atom stereocenters. The summed E-state index contributed by atoms with van der Waals surface area (Å²) >= 11 is 0. The van der Waals surface area contributed by atoms with Crippen LogP contribution < -0.4 is 0 Å². The van der Waals surface area contributed by atoms with Crippen molar-refractivity contribution in [3.8, 4) is 89.8 Å². The van der Waals surface area contributed by atoms with E-state index >= 15 is 0 Å². The molecule has 130 heavy (non-hydrogen) atoms. The molecule has 0 saturated heterocycles. The fourth-order valence-electron chi connectivity index (χ4n) is 20.7. The number of rotatable bonds is 11. The summed E-state index contributed by atoms with van der Waals surface area (Å²) in [4.78, 5) is 0. The Bertz CT molecular complexity index is 8830. The molecule has 0 fully saturated rings. The predicted octanol–water partition coefficient (Wildman–Crippen LogP) is 33.1. The molecule has 6 aromatic heterocycles. The van der Waals surface area contributed by atoms with Crippen LogP contribution in [0.25, 0.3) is 231 Å². The maximum absolute atomic E-state index is 2.44. The fourth-order valence-corrected chi connectivity index (χ4v) is 20.7. The first-order chi connectivity index (χ1) is 64.5. The Morgan fingerprint density at radius 3 is 0.723 bits per heavy atom. The van der Waals surface area contributed by atoms with Crippen molar-refractivity contribution in [2.75, 3.05) is 0 Å². The minimum absolute atomic E-state index is 1.16. The number of fused-ring (bicyclic) bond motifs is 21. The molecule has 0 aliphatic rings. The van der Waals surface area contributed by atoms with Crippen molar-refractivity contribution in [1.82, 2.24) is 27.4 Å². The number of nitrogens with zero attached hydrogens (tertiary/aromatic N) is 6. The Morgan fingerprint density at radius 2 is 0.362 bits per heavy atom. The van der Waals surface area contributed by atoms with E-state index in [9.17, 15) is 0 Å². The first kappa shape index (κ1) is 75.2. The minimum atomic E-state index is 1.16. The van der Waals surface area contributed by atoms with Crippen LogP contribution in [0.15, 0.2) is 497 Å². The summed E-state index contributed by atoms with van der Waals surface area (Å²) in [6, 6.07) is 180. The number of aromatic nitrogens is 6. The van der Waals surface area contributed by atoms with Crippen molar-refractivity contribution < 1.29 is 0 Å². The molecule has 0 amide bonds. The standard InChI is InChI=1S/2C42H28N2.C40H26N2/c1-3-11-29(12-4-1)31-19-23-33(24-20-31)43-39-17-9-7-15-35(39)37-27-38-36-16-8-10-18-40(36)44(42(38)28-41(37)43)34-25-21-32(22-26-34)30-13-5-2-6-14-30;1-3-11-29(12-4-1)30-19-21-31(22-20-30)32-23-25-34(26-24-32)43-39-18-10-8-16-37(39)41-40(43)28-27-36-35-15-7-9-17-38(35)44(42(36)41)33-13-5-2-6-14-33;1-2-13-29(14-3-1)42-36-19-8-6-16-33(36)34-25-26-38-39(40(34)42)35-17-7-9-20-37(35)41(38)30-23-21-28(22-24-30)32-18-10-12-27-11-4-5-15-31(27)32/h2*1-28H;1-26H. The second-order valence-corrected chi connectivity index (χ2v) is 33.8. The Balaban J connectivity index is 0.000000105. The lowest BCUT2D eigenvalue weighted by Crippen LogP contribution is -1.96. The van der Waals surface area contributed by atoms with Crippen molar-refractivity contribution in [2.45, 2.75) is 0 Å². The minimum Gasteiger partial charge on any atom is -0.309 e. The van der Waals surface area contributed by atoms with E-state index in [0.29, 0.717) is 0 Å². The Hall–Kier alpha value is -17.3. The molecule has 0 spiro atoms. The zero-order valence-corrected chi connectivity index (χ0v) is 71.0. The van der Waals surface area contributed by atoms with Gasteiger partial charge in [0.15, 0.2) is 0 Å². The molecule has 0 aliphatic heterocycles. The van der Waals surface area contributed by atoms with Crippen molar-refractivity contribution in [2.24, 2.45) is 0 Å². The van der Waals surface area contributed by atoms with Gasteiger partial charge in [-0.05, 0) is 200 Å². The van der Waals surface area contributed by atoms with Gasteiger partial charge in [0.1, 0.15) is 0 Å². The van der Waals surface area contributed by atoms with E-state index in [1.807, 2.05) is 0 Å². The molecular weight excluding hydrogens is 1570 g/mol. The third-order valence-electron chi connectivity index (χ3n) is 26.6. The lowest BCUT2D eigenvalue weighted by molar-refractivity contribution is 1.16. The van der Waals surface area contributed by atoms with E-state index in [1.165, 1.54) is 209 Å². The van der Waals surface area contributed by atoms with Gasteiger partial charge in [0, 0.05) is 98.8 Å². The smallest absolute Gasteiger partial charge is 0.0641 e. The van der Waals surface area contributed by atoms with Gasteiger partial charge in [-0.2, -0.15) is 0 Å². The molecule has 6 heterocycles. The highest BCUT2D eigenvalue weighted by Crippen LogP contribution is 2.47. The lowest BCUT2D eigenvalue weighted by atomic mass is 9.98. The van der Waals surface area contributed by atoms with Crippen LogP contribution in [-0.4, -0.2) is 27.4 Å². The number of benzene rings is 21. The first-order valence-electron chi connectivity index (χ1n) is 44.7. The van der Waals surface area contributed by atoms with Gasteiger partial charge in [0.2, 0.25) is 0 Å². The first-order valence-corrected chi connectivity index (χ1v) is 44.7. The summed E-state index contributed by atoms with van der Waals surface area (Å²) in [5, 5.41) is 17.8. The molecule has 6 heteroatoms. The second kappa shape index (κ2) is 31.4. The van der Waals surface area contributed by atoms with E-state index in [2.05, 4.69) is 525 Å². The largest absolute Gasteiger partial charge is 0.309 e. The molecule has 27 rings (SSSR count). The van der Waals surface area contributed by atoms with Crippen LogP contribution in [0.3, 0.4) is 0 Å². The number of hydrogen-bond acceptors (Lipinski definition) is 0. The molecule has 6 nitrogen and oxygen atoms in total. The SMILES string of the molecule is c1ccc(-c2ccc(-c3ccc(-n4c5ccccc5c5c4ccc4c6ccccc6n(-c6ccccc6)c45)cc3)cc2)cc1.c1ccc(-c2ccc(-n3c4ccccc4c4cc5c6ccccc6n(-c6ccc(-c7ccccc7)cc6)c5cc43)cc2)cc1.c1ccc(-n2c3ccccc3c3ccc4c(c5ccccc5n4-c4ccc(-c5cccc6ccccc56)cc4)c32)cc1. The van der Waals surface area contributed by atoms with Gasteiger partial charge >= 0.3 is 0 Å². The van der Waals surface area contributed by atoms with Gasteiger partial charge in [-0.15, -0.1) is 0 Å². The third-order valence-corrected chi connectivity index (χ3v) is 26.6. The Kier molecular flexibility index (Phi) is 18.2. The molecule has 0 unspecified atom stereocenters. The Morgan fingerprint density at radius 1 is 0.115 bits per heavy atom. The van der Waals surface area contributed by atoms with Gasteiger partial charge in [-0.25, -0.2) is 0 Å². The van der Waals surface area contributed by atoms with Gasteiger partial charge in [-0.3, -0.25) is 0 Å².